The highest BCUT2D eigenvalue weighted by atomic mass is 16.5. The number of rotatable bonds is 10. The molecule has 2 rings (SSSR count). The molecule has 1 atom stereocenters. The Morgan fingerprint density at radius 3 is 2.59 bits per heavy atom. The predicted octanol–water partition coefficient (Wildman–Crippen LogP) is 2.41. The van der Waals surface area contributed by atoms with Gasteiger partial charge in [0, 0.05) is 13.1 Å². The monoisotopic (exact) mass is 406 g/mol. The minimum absolute atomic E-state index is 0.273. The van der Waals surface area contributed by atoms with Gasteiger partial charge >= 0.3 is 0 Å². The summed E-state index contributed by atoms with van der Waals surface area (Å²) in [4.78, 5) is 7.09. The number of aliphatic hydroxyl groups excluding tert-OH is 1. The Bertz CT molecular complexity index is 630. The second-order valence-corrected chi connectivity index (χ2v) is 7.65. The highest BCUT2D eigenvalue weighted by Gasteiger charge is 2.15. The van der Waals surface area contributed by atoms with Crippen LogP contribution in [0.2, 0.25) is 0 Å². The third-order valence-corrected chi connectivity index (χ3v) is 5.38. The highest BCUT2D eigenvalue weighted by Crippen LogP contribution is 2.30. The number of likely N-dealkylation sites (tertiary alicyclic amines) is 1. The number of aliphatic imine (C=N–C) groups is 1. The number of hydrogen-bond acceptors (Lipinski definition) is 5. The number of aliphatic hydroxyl groups is 1. The summed E-state index contributed by atoms with van der Waals surface area (Å²) in [7, 11) is 3.18. The summed E-state index contributed by atoms with van der Waals surface area (Å²) in [5, 5.41) is 17.1. The van der Waals surface area contributed by atoms with E-state index in [2.05, 4.69) is 27.4 Å². The molecule has 1 aromatic carbocycles. The number of benzene rings is 1. The Kier molecular flexibility index (Phi) is 10.1. The van der Waals surface area contributed by atoms with Gasteiger partial charge in [0.05, 0.1) is 26.9 Å². The molecular weight excluding hydrogens is 368 g/mol. The second-order valence-electron chi connectivity index (χ2n) is 7.65. The molecule has 0 saturated carbocycles. The zero-order valence-corrected chi connectivity index (χ0v) is 18.4. The Morgan fingerprint density at radius 1 is 1.21 bits per heavy atom. The normalized spacial score (nSPS) is 17.1. The van der Waals surface area contributed by atoms with E-state index in [-0.39, 0.29) is 6.54 Å². The van der Waals surface area contributed by atoms with Crippen molar-refractivity contribution in [1.82, 2.24) is 15.5 Å². The standard InChI is InChI=1S/C22H38N4O3/c1-5-23-22(24-11-6-12-26-13-9-17(2)10-14-26)25-16-19(27)18-7-8-20(28-3)21(15-18)29-4/h7-8,15,17,19,27H,5-6,9-14,16H2,1-4H3,(H2,23,24,25). The van der Waals surface area contributed by atoms with Gasteiger partial charge < -0.3 is 30.1 Å². The van der Waals surface area contributed by atoms with Crippen LogP contribution in [-0.4, -0.2) is 69.5 Å². The third-order valence-electron chi connectivity index (χ3n) is 5.38. The predicted molar refractivity (Wildman–Crippen MR) is 118 cm³/mol. The lowest BCUT2D eigenvalue weighted by atomic mass is 9.99. The molecule has 0 aliphatic carbocycles. The van der Waals surface area contributed by atoms with E-state index in [1.165, 1.54) is 25.9 Å². The van der Waals surface area contributed by atoms with Gasteiger partial charge in [-0.25, -0.2) is 0 Å². The molecule has 0 spiro atoms. The van der Waals surface area contributed by atoms with Gasteiger partial charge in [0.2, 0.25) is 0 Å². The molecule has 1 aliphatic heterocycles. The molecule has 1 aliphatic rings. The van der Waals surface area contributed by atoms with E-state index < -0.39 is 6.10 Å². The van der Waals surface area contributed by atoms with E-state index in [0.29, 0.717) is 11.5 Å². The Hall–Kier alpha value is -1.99. The number of nitrogens with one attached hydrogen (secondary N) is 2. The van der Waals surface area contributed by atoms with Crippen molar-refractivity contribution >= 4 is 5.96 Å². The molecule has 1 saturated heterocycles. The fourth-order valence-electron chi connectivity index (χ4n) is 3.48. The molecular formula is C22H38N4O3. The topological polar surface area (TPSA) is 78.4 Å². The van der Waals surface area contributed by atoms with Crippen LogP contribution in [0.4, 0.5) is 0 Å². The smallest absolute Gasteiger partial charge is 0.191 e. The Morgan fingerprint density at radius 2 is 1.93 bits per heavy atom. The SMILES string of the molecule is CCNC(=NCC(O)c1ccc(OC)c(OC)c1)NCCCN1CCC(C)CC1. The van der Waals surface area contributed by atoms with Gasteiger partial charge in [0.15, 0.2) is 17.5 Å². The van der Waals surface area contributed by atoms with Crippen molar-refractivity contribution < 1.29 is 14.6 Å². The fraction of sp³-hybridized carbons (Fsp3) is 0.682. The number of guanidine groups is 1. The van der Waals surface area contributed by atoms with Crippen molar-refractivity contribution in [2.24, 2.45) is 10.9 Å². The van der Waals surface area contributed by atoms with Crippen LogP contribution in [0, 0.1) is 5.92 Å². The summed E-state index contributed by atoms with van der Waals surface area (Å²) in [5.74, 6) is 2.85. The molecule has 29 heavy (non-hydrogen) atoms. The van der Waals surface area contributed by atoms with Crippen LogP contribution in [0.5, 0.6) is 11.5 Å². The van der Waals surface area contributed by atoms with E-state index in [1.807, 2.05) is 13.0 Å². The summed E-state index contributed by atoms with van der Waals surface area (Å²) in [6.45, 7) is 9.85. The van der Waals surface area contributed by atoms with Crippen molar-refractivity contribution in [3.8, 4) is 11.5 Å². The van der Waals surface area contributed by atoms with Gasteiger partial charge in [-0.3, -0.25) is 4.99 Å². The van der Waals surface area contributed by atoms with Crippen LogP contribution in [-0.2, 0) is 0 Å². The number of piperidine rings is 1. The average molecular weight is 407 g/mol. The van der Waals surface area contributed by atoms with Crippen molar-refractivity contribution in [3.63, 3.8) is 0 Å². The maximum atomic E-state index is 10.5. The lowest BCUT2D eigenvalue weighted by Crippen LogP contribution is -2.40. The number of nitrogens with zero attached hydrogens (tertiary/aromatic N) is 2. The number of hydrogen-bond donors (Lipinski definition) is 3. The molecule has 7 nitrogen and oxygen atoms in total. The van der Waals surface area contributed by atoms with E-state index in [9.17, 15) is 5.11 Å². The molecule has 7 heteroatoms. The summed E-state index contributed by atoms with van der Waals surface area (Å²) in [5.41, 5.74) is 0.751. The zero-order valence-electron chi connectivity index (χ0n) is 18.4. The average Bonchev–Trinajstić information content (AvgIpc) is 2.75. The van der Waals surface area contributed by atoms with E-state index >= 15 is 0 Å². The van der Waals surface area contributed by atoms with Crippen LogP contribution < -0.4 is 20.1 Å². The summed E-state index contributed by atoms with van der Waals surface area (Å²) in [6, 6.07) is 5.42. The molecule has 1 fully saturated rings. The quantitative estimate of drug-likeness (QED) is 0.315. The molecule has 0 amide bonds. The van der Waals surface area contributed by atoms with Gasteiger partial charge in [0.25, 0.3) is 0 Å². The zero-order chi connectivity index (χ0) is 21.1. The van der Waals surface area contributed by atoms with Crippen LogP contribution in [0.1, 0.15) is 44.8 Å². The van der Waals surface area contributed by atoms with E-state index in [0.717, 1.165) is 43.5 Å². The minimum atomic E-state index is -0.708. The Labute approximate surface area is 175 Å². The molecule has 0 bridgehead atoms. The molecule has 0 aromatic heterocycles. The summed E-state index contributed by atoms with van der Waals surface area (Å²) >= 11 is 0. The summed E-state index contributed by atoms with van der Waals surface area (Å²) < 4.78 is 10.6. The lowest BCUT2D eigenvalue weighted by molar-refractivity contribution is 0.186. The first-order valence-corrected chi connectivity index (χ1v) is 10.7. The second kappa shape index (κ2) is 12.5. The molecule has 1 heterocycles. The van der Waals surface area contributed by atoms with Crippen molar-refractivity contribution in [2.75, 3.05) is 53.5 Å². The molecule has 0 radical (unpaired) electrons. The van der Waals surface area contributed by atoms with E-state index in [4.69, 9.17) is 9.47 Å². The Balaban J connectivity index is 1.81. The fourth-order valence-corrected chi connectivity index (χ4v) is 3.48. The summed E-state index contributed by atoms with van der Waals surface area (Å²) in [6.07, 6.45) is 2.99. The maximum Gasteiger partial charge on any atom is 0.191 e. The first kappa shape index (κ1) is 23.3. The van der Waals surface area contributed by atoms with Gasteiger partial charge in [-0.2, -0.15) is 0 Å². The van der Waals surface area contributed by atoms with Crippen LogP contribution >= 0.6 is 0 Å². The van der Waals surface area contributed by atoms with Crippen LogP contribution in [0.25, 0.3) is 0 Å². The third kappa shape index (κ3) is 7.74. The molecule has 3 N–H and O–H groups in total. The minimum Gasteiger partial charge on any atom is -0.493 e. The van der Waals surface area contributed by atoms with Gasteiger partial charge in [-0.1, -0.05) is 13.0 Å². The van der Waals surface area contributed by atoms with Gasteiger partial charge in [0.1, 0.15) is 0 Å². The lowest BCUT2D eigenvalue weighted by Gasteiger charge is -2.30. The van der Waals surface area contributed by atoms with Crippen LogP contribution in [0.3, 0.4) is 0 Å². The van der Waals surface area contributed by atoms with Gasteiger partial charge in [-0.05, 0) is 69.4 Å². The highest BCUT2D eigenvalue weighted by molar-refractivity contribution is 5.79. The maximum absolute atomic E-state index is 10.5. The number of ether oxygens (including phenoxy) is 2. The van der Waals surface area contributed by atoms with Crippen LogP contribution in [0.15, 0.2) is 23.2 Å². The molecule has 164 valence electrons. The van der Waals surface area contributed by atoms with Crippen molar-refractivity contribution in [3.05, 3.63) is 23.8 Å². The van der Waals surface area contributed by atoms with Gasteiger partial charge in [-0.15, -0.1) is 0 Å². The first-order chi connectivity index (χ1) is 14.1. The van der Waals surface area contributed by atoms with Crippen molar-refractivity contribution in [2.45, 2.75) is 39.2 Å². The molecule has 1 aromatic rings. The van der Waals surface area contributed by atoms with Crippen molar-refractivity contribution in [1.29, 1.82) is 0 Å². The first-order valence-electron chi connectivity index (χ1n) is 10.7. The van der Waals surface area contributed by atoms with E-state index in [1.54, 1.807) is 26.4 Å². The largest absolute Gasteiger partial charge is 0.493 e. The molecule has 1 unspecified atom stereocenters. The number of methoxy groups -OCH3 is 2.